The van der Waals surface area contributed by atoms with Crippen LogP contribution in [0.15, 0.2) is 72.8 Å². The second kappa shape index (κ2) is 7.58. The molecule has 6 heteroatoms. The first-order valence-corrected chi connectivity index (χ1v) is 9.31. The Balaban J connectivity index is 1.91. The number of hydrogen-bond donors (Lipinski definition) is 1. The van der Waals surface area contributed by atoms with Crippen LogP contribution in [0, 0.1) is 0 Å². The lowest BCUT2D eigenvalue weighted by Crippen LogP contribution is -2.10. The number of para-hydroxylation sites is 1. The molecule has 0 aliphatic rings. The second-order valence-corrected chi connectivity index (χ2v) is 7.14. The summed E-state index contributed by atoms with van der Waals surface area (Å²) in [6.07, 6.45) is 0. The van der Waals surface area contributed by atoms with Gasteiger partial charge in [-0.1, -0.05) is 53.5 Å². The van der Waals surface area contributed by atoms with Gasteiger partial charge < -0.3 is 14.4 Å². The van der Waals surface area contributed by atoms with Gasteiger partial charge in [0.1, 0.15) is 5.75 Å². The molecule has 0 atom stereocenters. The van der Waals surface area contributed by atoms with E-state index in [1.165, 1.54) is 0 Å². The number of rotatable bonds is 5. The molecular formula is C22H15Cl2NO3. The molecule has 0 aliphatic heterocycles. The fourth-order valence-electron chi connectivity index (χ4n) is 3.15. The topological polar surface area (TPSA) is 51.5 Å². The molecule has 0 saturated carbocycles. The molecular weight excluding hydrogens is 397 g/mol. The molecule has 1 N–H and O–H groups in total. The highest BCUT2D eigenvalue weighted by atomic mass is 35.5. The van der Waals surface area contributed by atoms with Gasteiger partial charge in [-0.25, -0.2) is 4.79 Å². The molecule has 4 nitrogen and oxygen atoms in total. The molecule has 0 bridgehead atoms. The molecule has 0 spiro atoms. The molecule has 0 saturated heterocycles. The summed E-state index contributed by atoms with van der Waals surface area (Å²) in [7, 11) is 0. The van der Waals surface area contributed by atoms with E-state index in [0.29, 0.717) is 27.7 Å². The Labute approximate surface area is 171 Å². The third kappa shape index (κ3) is 3.57. The van der Waals surface area contributed by atoms with Crippen molar-refractivity contribution in [1.82, 2.24) is 4.57 Å². The van der Waals surface area contributed by atoms with E-state index in [0.717, 1.165) is 11.1 Å². The van der Waals surface area contributed by atoms with Crippen molar-refractivity contribution < 1.29 is 14.6 Å². The number of aromatic carboxylic acids is 1. The monoisotopic (exact) mass is 411 g/mol. The Morgan fingerprint density at radius 2 is 1.61 bits per heavy atom. The predicted octanol–water partition coefficient (Wildman–Crippen LogP) is 6.49. The summed E-state index contributed by atoms with van der Waals surface area (Å²) in [6.45, 7) is 0.356. The van der Waals surface area contributed by atoms with Gasteiger partial charge in [0, 0.05) is 22.0 Å². The average Bonchev–Trinajstić information content (AvgIpc) is 2.97. The van der Waals surface area contributed by atoms with Gasteiger partial charge in [-0.05, 0) is 48.0 Å². The van der Waals surface area contributed by atoms with Crippen LogP contribution in [0.1, 0.15) is 16.1 Å². The fourth-order valence-corrected chi connectivity index (χ4v) is 3.45. The maximum absolute atomic E-state index is 12.2. The first-order valence-electron chi connectivity index (χ1n) is 8.55. The maximum atomic E-state index is 12.2. The summed E-state index contributed by atoms with van der Waals surface area (Å²) >= 11 is 12.2. The van der Waals surface area contributed by atoms with Crippen LogP contribution in [-0.4, -0.2) is 15.6 Å². The molecule has 1 heterocycles. The van der Waals surface area contributed by atoms with E-state index in [-0.39, 0.29) is 11.4 Å². The molecule has 4 rings (SSSR count). The third-order valence-electron chi connectivity index (χ3n) is 4.40. The number of halogens is 2. The number of ether oxygens (including phenoxy) is 1. The molecule has 4 aromatic rings. The Morgan fingerprint density at radius 1 is 0.929 bits per heavy atom. The second-order valence-electron chi connectivity index (χ2n) is 6.27. The number of aromatic nitrogens is 1. The van der Waals surface area contributed by atoms with Crippen molar-refractivity contribution in [1.29, 1.82) is 0 Å². The lowest BCUT2D eigenvalue weighted by molar-refractivity contribution is 0.0683. The van der Waals surface area contributed by atoms with Gasteiger partial charge in [0.15, 0.2) is 11.4 Å². The summed E-state index contributed by atoms with van der Waals surface area (Å²) in [6, 6.07) is 21.6. The first-order chi connectivity index (χ1) is 13.5. The largest absolute Gasteiger partial charge is 0.476 e. The van der Waals surface area contributed by atoms with Gasteiger partial charge >= 0.3 is 5.97 Å². The molecule has 0 amide bonds. The van der Waals surface area contributed by atoms with Gasteiger partial charge in [0.2, 0.25) is 0 Å². The Bertz CT molecular complexity index is 1150. The maximum Gasteiger partial charge on any atom is 0.356 e. The summed E-state index contributed by atoms with van der Waals surface area (Å²) < 4.78 is 7.71. The van der Waals surface area contributed by atoms with E-state index in [4.69, 9.17) is 27.9 Å². The van der Waals surface area contributed by atoms with E-state index in [2.05, 4.69) is 0 Å². The quantitative estimate of drug-likeness (QED) is 0.408. The Kier molecular flexibility index (Phi) is 4.99. The van der Waals surface area contributed by atoms with Gasteiger partial charge in [-0.15, -0.1) is 0 Å². The molecule has 0 radical (unpaired) electrons. The van der Waals surface area contributed by atoms with Crippen LogP contribution in [0.4, 0.5) is 0 Å². The Hall–Kier alpha value is -2.95. The summed E-state index contributed by atoms with van der Waals surface area (Å²) in [5, 5.41) is 11.7. The smallest absolute Gasteiger partial charge is 0.356 e. The van der Waals surface area contributed by atoms with Crippen LogP contribution in [0.2, 0.25) is 10.0 Å². The minimum Gasteiger partial charge on any atom is -0.476 e. The summed E-state index contributed by atoms with van der Waals surface area (Å²) in [5.41, 5.74) is 1.71. The normalized spacial score (nSPS) is 10.9. The zero-order valence-electron chi connectivity index (χ0n) is 14.6. The van der Waals surface area contributed by atoms with E-state index in [1.54, 1.807) is 47.0 Å². The van der Waals surface area contributed by atoms with Crippen molar-refractivity contribution in [2.45, 2.75) is 6.54 Å². The van der Waals surface area contributed by atoms with E-state index in [9.17, 15) is 9.90 Å². The highest BCUT2D eigenvalue weighted by Gasteiger charge is 2.25. The number of carboxylic acids is 1. The van der Waals surface area contributed by atoms with Gasteiger partial charge in [0.05, 0.1) is 5.52 Å². The summed E-state index contributed by atoms with van der Waals surface area (Å²) in [5.74, 6) is -0.257. The minimum atomic E-state index is -1.08. The van der Waals surface area contributed by atoms with Crippen molar-refractivity contribution in [2.24, 2.45) is 0 Å². The lowest BCUT2D eigenvalue weighted by Gasteiger charge is -2.10. The molecule has 0 unspecified atom stereocenters. The van der Waals surface area contributed by atoms with Gasteiger partial charge in [-0.2, -0.15) is 0 Å². The summed E-state index contributed by atoms with van der Waals surface area (Å²) in [4.78, 5) is 12.2. The van der Waals surface area contributed by atoms with Crippen molar-refractivity contribution in [3.63, 3.8) is 0 Å². The first kappa shape index (κ1) is 18.4. The van der Waals surface area contributed by atoms with Crippen molar-refractivity contribution in [2.75, 3.05) is 0 Å². The zero-order valence-corrected chi connectivity index (χ0v) is 16.1. The van der Waals surface area contributed by atoms with Crippen LogP contribution >= 0.6 is 23.2 Å². The van der Waals surface area contributed by atoms with E-state index >= 15 is 0 Å². The standard InChI is InChI=1S/C22H15Cl2NO3/c23-15-8-6-14(7-9-15)13-25-19-11-10-16(24)12-18(19)21(20(25)22(26)27)28-17-4-2-1-3-5-17/h1-12H,13H2,(H,26,27). The van der Waals surface area contributed by atoms with Gasteiger partial charge in [-0.3, -0.25) is 0 Å². The van der Waals surface area contributed by atoms with Crippen LogP contribution < -0.4 is 4.74 Å². The number of carbonyl (C=O) groups is 1. The van der Waals surface area contributed by atoms with Crippen molar-refractivity contribution in [3.05, 3.63) is 94.1 Å². The predicted molar refractivity (Wildman–Crippen MR) is 111 cm³/mol. The van der Waals surface area contributed by atoms with E-state index < -0.39 is 5.97 Å². The molecule has 3 aromatic carbocycles. The number of benzene rings is 3. The molecule has 0 fully saturated rings. The number of carboxylic acid groups (broad SMARTS) is 1. The van der Waals surface area contributed by atoms with E-state index in [1.807, 2.05) is 30.3 Å². The van der Waals surface area contributed by atoms with Crippen LogP contribution in [0.5, 0.6) is 11.5 Å². The number of nitrogens with zero attached hydrogens (tertiary/aromatic N) is 1. The number of hydrogen-bond acceptors (Lipinski definition) is 2. The highest BCUT2D eigenvalue weighted by Crippen LogP contribution is 2.38. The molecule has 28 heavy (non-hydrogen) atoms. The van der Waals surface area contributed by atoms with Crippen LogP contribution in [0.25, 0.3) is 10.9 Å². The minimum absolute atomic E-state index is 0.0658. The highest BCUT2D eigenvalue weighted by molar-refractivity contribution is 6.31. The fraction of sp³-hybridized carbons (Fsp3) is 0.0455. The van der Waals surface area contributed by atoms with Crippen molar-refractivity contribution >= 4 is 40.1 Å². The molecule has 1 aromatic heterocycles. The molecule has 0 aliphatic carbocycles. The average molecular weight is 412 g/mol. The Morgan fingerprint density at radius 3 is 2.29 bits per heavy atom. The zero-order chi connectivity index (χ0) is 19.7. The van der Waals surface area contributed by atoms with Crippen LogP contribution in [0.3, 0.4) is 0 Å². The van der Waals surface area contributed by atoms with Crippen LogP contribution in [-0.2, 0) is 6.54 Å². The van der Waals surface area contributed by atoms with Gasteiger partial charge in [0.25, 0.3) is 0 Å². The third-order valence-corrected chi connectivity index (χ3v) is 4.89. The SMILES string of the molecule is O=C(O)c1c(Oc2ccccc2)c2cc(Cl)ccc2n1Cc1ccc(Cl)cc1. The molecule has 140 valence electrons. The van der Waals surface area contributed by atoms with Crippen molar-refractivity contribution in [3.8, 4) is 11.5 Å². The lowest BCUT2D eigenvalue weighted by atomic mass is 10.2. The number of fused-ring (bicyclic) bond motifs is 1.